The van der Waals surface area contributed by atoms with Crippen LogP contribution in [0.25, 0.3) is 0 Å². The van der Waals surface area contributed by atoms with Crippen molar-refractivity contribution >= 4 is 35.0 Å². The molecule has 2 N–H and O–H groups in total. The summed E-state index contributed by atoms with van der Waals surface area (Å²) >= 11 is 6.80. The summed E-state index contributed by atoms with van der Waals surface area (Å²) in [5.74, 6) is 1.48. The monoisotopic (exact) mass is 307 g/mol. The van der Waals surface area contributed by atoms with Crippen LogP contribution in [0, 0.1) is 0 Å². The van der Waals surface area contributed by atoms with Gasteiger partial charge in [0.2, 0.25) is 0 Å². The molecule has 0 spiro atoms. The molecule has 0 aliphatic carbocycles. The molecule has 20 heavy (non-hydrogen) atoms. The summed E-state index contributed by atoms with van der Waals surface area (Å²) in [6.45, 7) is 3.94. The van der Waals surface area contributed by atoms with E-state index in [1.165, 1.54) is 0 Å². The van der Waals surface area contributed by atoms with E-state index >= 15 is 0 Å². The number of hydrogen-bond acceptors (Lipinski definition) is 3. The molecule has 0 amide bonds. The van der Waals surface area contributed by atoms with Gasteiger partial charge in [0.25, 0.3) is 0 Å². The van der Waals surface area contributed by atoms with E-state index in [-0.39, 0.29) is 0 Å². The molecule has 0 unspecified atom stereocenters. The van der Waals surface area contributed by atoms with E-state index in [9.17, 15) is 0 Å². The average molecular weight is 308 g/mol. The Bertz CT molecular complexity index is 604. The molecule has 0 aliphatic heterocycles. The highest BCUT2D eigenvalue weighted by atomic mass is 35.5. The summed E-state index contributed by atoms with van der Waals surface area (Å²) in [6, 6.07) is 15.2. The summed E-state index contributed by atoms with van der Waals surface area (Å²) < 4.78 is 5.43. The Labute approximate surface area is 128 Å². The Balaban J connectivity index is 1.99. The topological polar surface area (TPSA) is 33.3 Å². The standard InChI is InChI=1S/C15H15ClN2OS/c1-11(17-13-6-3-5-12(16)9-13)18-14-7-4-8-15(10-14)19-20-2/h3-10,17-18H,1H2,2H3/p+1. The second-order valence-electron chi connectivity index (χ2n) is 4.04. The number of anilines is 2. The normalized spacial score (nSPS) is 9.90. The largest absolute Gasteiger partial charge is 0.342 e. The van der Waals surface area contributed by atoms with E-state index in [0.29, 0.717) is 10.8 Å². The summed E-state index contributed by atoms with van der Waals surface area (Å²) in [5.41, 5.74) is 1.79. The predicted octanol–water partition coefficient (Wildman–Crippen LogP) is 4.07. The van der Waals surface area contributed by atoms with Gasteiger partial charge in [-0.1, -0.05) is 30.3 Å². The maximum Gasteiger partial charge on any atom is 0.189 e. The zero-order valence-corrected chi connectivity index (χ0v) is 12.7. The SMILES string of the molecule is C=C(Nc1cccc(Cl)c1)Nc1cccc(O[SH+]C)c1. The van der Waals surface area contributed by atoms with Crippen LogP contribution in [0.5, 0.6) is 5.75 Å². The summed E-state index contributed by atoms with van der Waals surface area (Å²) in [6.07, 6.45) is 1.93. The van der Waals surface area contributed by atoms with Crippen LogP contribution < -0.4 is 14.8 Å². The van der Waals surface area contributed by atoms with E-state index in [4.69, 9.17) is 15.8 Å². The van der Waals surface area contributed by atoms with Gasteiger partial charge >= 0.3 is 0 Å². The Morgan fingerprint density at radius 3 is 2.40 bits per heavy atom. The van der Waals surface area contributed by atoms with Gasteiger partial charge in [-0.05, 0) is 30.3 Å². The minimum atomic E-state index is 0.665. The first-order valence-electron chi connectivity index (χ1n) is 6.02. The van der Waals surface area contributed by atoms with Crippen molar-refractivity contribution in [2.24, 2.45) is 0 Å². The second kappa shape index (κ2) is 7.12. The van der Waals surface area contributed by atoms with Gasteiger partial charge in [0, 0.05) is 22.5 Å². The van der Waals surface area contributed by atoms with E-state index in [0.717, 1.165) is 29.2 Å². The highest BCUT2D eigenvalue weighted by molar-refractivity contribution is 7.73. The number of hydrogen-bond donors (Lipinski definition) is 2. The van der Waals surface area contributed by atoms with Crippen molar-refractivity contribution < 1.29 is 4.18 Å². The summed E-state index contributed by atoms with van der Waals surface area (Å²) in [4.78, 5) is 0. The molecular formula is C15H16ClN2OS+. The number of thiol groups is 1. The lowest BCUT2D eigenvalue weighted by molar-refractivity contribution is 0.646. The number of halogens is 1. The van der Waals surface area contributed by atoms with Crippen LogP contribution in [-0.4, -0.2) is 6.26 Å². The van der Waals surface area contributed by atoms with E-state index in [1.54, 1.807) is 0 Å². The molecule has 0 fully saturated rings. The Morgan fingerprint density at radius 1 is 1.10 bits per heavy atom. The molecule has 2 aromatic carbocycles. The fraction of sp³-hybridized carbons (Fsp3) is 0.0667. The summed E-state index contributed by atoms with van der Waals surface area (Å²) in [7, 11) is 0. The zero-order chi connectivity index (χ0) is 14.4. The first kappa shape index (κ1) is 14.6. The van der Waals surface area contributed by atoms with Crippen molar-refractivity contribution in [3.8, 4) is 5.75 Å². The predicted molar refractivity (Wildman–Crippen MR) is 89.6 cm³/mol. The lowest BCUT2D eigenvalue weighted by Crippen LogP contribution is -2.08. The van der Waals surface area contributed by atoms with Gasteiger partial charge < -0.3 is 10.6 Å². The van der Waals surface area contributed by atoms with Crippen LogP contribution in [0.2, 0.25) is 5.02 Å². The minimum absolute atomic E-state index is 0.665. The van der Waals surface area contributed by atoms with Crippen molar-refractivity contribution in [3.05, 3.63) is 66.0 Å². The third kappa shape index (κ3) is 4.40. The van der Waals surface area contributed by atoms with Crippen LogP contribution in [0.15, 0.2) is 60.9 Å². The highest BCUT2D eigenvalue weighted by Crippen LogP contribution is 2.20. The number of rotatable bonds is 6. The average Bonchev–Trinajstić information content (AvgIpc) is 2.39. The third-order valence-electron chi connectivity index (χ3n) is 2.45. The fourth-order valence-corrected chi connectivity index (χ4v) is 2.20. The lowest BCUT2D eigenvalue weighted by Gasteiger charge is -2.12. The molecule has 0 radical (unpaired) electrons. The van der Waals surface area contributed by atoms with Crippen LogP contribution >= 0.6 is 11.6 Å². The van der Waals surface area contributed by atoms with Gasteiger partial charge in [0.15, 0.2) is 17.8 Å². The maximum absolute atomic E-state index is 5.94. The Morgan fingerprint density at radius 2 is 1.75 bits per heavy atom. The van der Waals surface area contributed by atoms with Gasteiger partial charge in [-0.15, -0.1) is 0 Å². The molecule has 0 bridgehead atoms. The van der Waals surface area contributed by atoms with Crippen LogP contribution in [0.3, 0.4) is 0 Å². The molecule has 2 aromatic rings. The van der Waals surface area contributed by atoms with E-state index < -0.39 is 0 Å². The van der Waals surface area contributed by atoms with Gasteiger partial charge in [-0.3, -0.25) is 4.18 Å². The van der Waals surface area contributed by atoms with Gasteiger partial charge in [-0.25, -0.2) is 0 Å². The molecule has 104 valence electrons. The molecule has 0 aromatic heterocycles. The third-order valence-corrected chi connectivity index (χ3v) is 3.07. The molecule has 0 saturated heterocycles. The molecule has 3 nitrogen and oxygen atoms in total. The molecule has 5 heteroatoms. The molecule has 0 saturated carbocycles. The molecule has 0 heterocycles. The van der Waals surface area contributed by atoms with Crippen molar-refractivity contribution in [1.29, 1.82) is 0 Å². The summed E-state index contributed by atoms with van der Waals surface area (Å²) in [5, 5.41) is 7.01. The Kier molecular flexibility index (Phi) is 5.21. The van der Waals surface area contributed by atoms with Crippen molar-refractivity contribution in [3.63, 3.8) is 0 Å². The molecule has 0 atom stereocenters. The van der Waals surface area contributed by atoms with Crippen LogP contribution in [0.1, 0.15) is 0 Å². The van der Waals surface area contributed by atoms with Crippen LogP contribution in [0.4, 0.5) is 11.4 Å². The van der Waals surface area contributed by atoms with Crippen molar-refractivity contribution in [2.45, 2.75) is 0 Å². The molecular weight excluding hydrogens is 292 g/mol. The van der Waals surface area contributed by atoms with Gasteiger partial charge in [0.1, 0.15) is 12.1 Å². The smallest absolute Gasteiger partial charge is 0.189 e. The van der Waals surface area contributed by atoms with Gasteiger partial charge in [0.05, 0.1) is 0 Å². The van der Waals surface area contributed by atoms with Gasteiger partial charge in [-0.2, -0.15) is 0 Å². The van der Waals surface area contributed by atoms with Crippen molar-refractivity contribution in [1.82, 2.24) is 0 Å². The highest BCUT2D eigenvalue weighted by Gasteiger charge is 2.01. The van der Waals surface area contributed by atoms with E-state index in [1.807, 2.05) is 54.8 Å². The maximum atomic E-state index is 5.94. The lowest BCUT2D eigenvalue weighted by atomic mass is 10.3. The first-order valence-corrected chi connectivity index (χ1v) is 7.66. The van der Waals surface area contributed by atoms with Crippen LogP contribution in [-0.2, 0) is 12.0 Å². The molecule has 2 rings (SSSR count). The number of benzene rings is 2. The second-order valence-corrected chi connectivity index (χ2v) is 5.02. The van der Waals surface area contributed by atoms with Crippen molar-refractivity contribution in [2.75, 3.05) is 16.9 Å². The zero-order valence-electron chi connectivity index (χ0n) is 11.1. The van der Waals surface area contributed by atoms with E-state index in [2.05, 4.69) is 17.2 Å². The first-order chi connectivity index (χ1) is 9.67. The molecule has 0 aliphatic rings. The number of nitrogens with one attached hydrogen (secondary N) is 2. The quantitative estimate of drug-likeness (QED) is 0.623. The Hall–Kier alpha value is -1.78. The fourth-order valence-electron chi connectivity index (χ4n) is 1.68. The minimum Gasteiger partial charge on any atom is -0.342 e.